The zero-order chi connectivity index (χ0) is 14.2. The van der Waals surface area contributed by atoms with Crippen LogP contribution in [0.25, 0.3) is 0 Å². The van der Waals surface area contributed by atoms with E-state index in [9.17, 15) is 12.8 Å². The van der Waals surface area contributed by atoms with Crippen LogP contribution in [-0.4, -0.2) is 8.42 Å². The van der Waals surface area contributed by atoms with Gasteiger partial charge in [-0.25, -0.2) is 12.8 Å². The highest BCUT2D eigenvalue weighted by molar-refractivity contribution is 9.11. The Morgan fingerprint density at radius 2 is 1.95 bits per heavy atom. The summed E-state index contributed by atoms with van der Waals surface area (Å²) in [6, 6.07) is 5.77. The number of halogens is 2. The highest BCUT2D eigenvalue weighted by atomic mass is 79.9. The van der Waals surface area contributed by atoms with Crippen molar-refractivity contribution in [3.8, 4) is 0 Å². The van der Waals surface area contributed by atoms with Gasteiger partial charge in [0.05, 0.1) is 9.47 Å². The topological polar surface area (TPSA) is 46.2 Å². The molecule has 0 saturated heterocycles. The van der Waals surface area contributed by atoms with Gasteiger partial charge in [0.25, 0.3) is 10.0 Å². The van der Waals surface area contributed by atoms with E-state index >= 15 is 0 Å². The second kappa shape index (κ2) is 5.22. The molecule has 0 radical (unpaired) electrons. The van der Waals surface area contributed by atoms with Gasteiger partial charge in [0, 0.05) is 4.88 Å². The Hall–Kier alpha value is -0.920. The summed E-state index contributed by atoms with van der Waals surface area (Å²) in [5, 5.41) is 0. The van der Waals surface area contributed by atoms with Crippen molar-refractivity contribution in [1.82, 2.24) is 0 Å². The first-order valence-electron chi connectivity index (χ1n) is 5.34. The zero-order valence-electron chi connectivity index (χ0n) is 10.2. The average molecular weight is 364 g/mol. The van der Waals surface area contributed by atoms with Crippen molar-refractivity contribution in [2.75, 3.05) is 4.72 Å². The van der Waals surface area contributed by atoms with Crippen LogP contribution in [0.3, 0.4) is 0 Å². The standard InChI is InChI=1S/C12H11BrFNO2S2/c1-7-3-4-9(5-10(7)14)15-19(16,17)11-6-12(13)18-8(11)2/h3-6,15H,1-2H3. The monoisotopic (exact) mass is 363 g/mol. The first-order valence-corrected chi connectivity index (χ1v) is 8.44. The predicted octanol–water partition coefficient (Wildman–Crippen LogP) is 4.07. The van der Waals surface area contributed by atoms with Gasteiger partial charge >= 0.3 is 0 Å². The van der Waals surface area contributed by atoms with E-state index < -0.39 is 15.8 Å². The molecule has 3 nitrogen and oxygen atoms in total. The van der Waals surface area contributed by atoms with Gasteiger partial charge in [-0.1, -0.05) is 6.07 Å². The van der Waals surface area contributed by atoms with E-state index in [1.54, 1.807) is 13.8 Å². The SMILES string of the molecule is Cc1ccc(NS(=O)(=O)c2cc(Br)sc2C)cc1F. The Kier molecular flexibility index (Phi) is 3.98. The second-order valence-electron chi connectivity index (χ2n) is 4.04. The molecule has 0 aliphatic rings. The summed E-state index contributed by atoms with van der Waals surface area (Å²) in [6.45, 7) is 3.34. The number of sulfonamides is 1. The smallest absolute Gasteiger partial charge is 0.263 e. The molecule has 0 spiro atoms. The van der Waals surface area contributed by atoms with Gasteiger partial charge in [0.2, 0.25) is 0 Å². The molecule has 1 aromatic heterocycles. The Morgan fingerprint density at radius 1 is 1.26 bits per heavy atom. The molecule has 102 valence electrons. The molecule has 0 unspecified atom stereocenters. The molecule has 1 N–H and O–H groups in total. The number of rotatable bonds is 3. The third-order valence-electron chi connectivity index (χ3n) is 2.56. The molecular formula is C12H11BrFNO2S2. The van der Waals surface area contributed by atoms with Gasteiger partial charge in [-0.3, -0.25) is 4.72 Å². The van der Waals surface area contributed by atoms with E-state index in [-0.39, 0.29) is 10.6 Å². The van der Waals surface area contributed by atoms with Crippen LogP contribution >= 0.6 is 27.3 Å². The molecule has 1 heterocycles. The maximum absolute atomic E-state index is 13.4. The number of thiophene rings is 1. The van der Waals surface area contributed by atoms with Crippen LogP contribution in [0.5, 0.6) is 0 Å². The molecular weight excluding hydrogens is 353 g/mol. The third-order valence-corrected chi connectivity index (χ3v) is 5.75. The lowest BCUT2D eigenvalue weighted by atomic mass is 10.2. The molecule has 19 heavy (non-hydrogen) atoms. The van der Waals surface area contributed by atoms with Crippen molar-refractivity contribution in [2.45, 2.75) is 18.7 Å². The fourth-order valence-corrected chi connectivity index (χ4v) is 5.03. The Labute approximate surface area is 123 Å². The minimum atomic E-state index is -3.69. The Balaban J connectivity index is 2.36. The highest BCUT2D eigenvalue weighted by Gasteiger charge is 2.19. The molecule has 1 aromatic carbocycles. The zero-order valence-corrected chi connectivity index (χ0v) is 13.4. The van der Waals surface area contributed by atoms with Gasteiger partial charge < -0.3 is 0 Å². The molecule has 0 amide bonds. The van der Waals surface area contributed by atoms with Crippen LogP contribution in [0, 0.1) is 19.7 Å². The fraction of sp³-hybridized carbons (Fsp3) is 0.167. The minimum absolute atomic E-state index is 0.199. The van der Waals surface area contributed by atoms with E-state index in [1.165, 1.54) is 35.6 Å². The summed E-state index contributed by atoms with van der Waals surface area (Å²) in [7, 11) is -3.69. The summed E-state index contributed by atoms with van der Waals surface area (Å²) < 4.78 is 40.9. The molecule has 0 bridgehead atoms. The summed E-state index contributed by atoms with van der Waals surface area (Å²) in [4.78, 5) is 0.873. The van der Waals surface area contributed by atoms with E-state index in [4.69, 9.17) is 0 Å². The summed E-state index contributed by atoms with van der Waals surface area (Å²) in [6.07, 6.45) is 0. The lowest BCUT2D eigenvalue weighted by molar-refractivity contribution is 0.601. The van der Waals surface area contributed by atoms with E-state index in [0.29, 0.717) is 10.4 Å². The van der Waals surface area contributed by atoms with E-state index in [0.717, 1.165) is 3.79 Å². The van der Waals surface area contributed by atoms with E-state index in [2.05, 4.69) is 20.7 Å². The second-order valence-corrected chi connectivity index (χ2v) is 8.33. The van der Waals surface area contributed by atoms with Crippen LogP contribution in [0.2, 0.25) is 0 Å². The van der Waals surface area contributed by atoms with Crippen LogP contribution < -0.4 is 4.72 Å². The molecule has 2 aromatic rings. The number of anilines is 1. The molecule has 2 rings (SSSR count). The summed E-state index contributed by atoms with van der Waals surface area (Å²) >= 11 is 4.58. The molecule has 0 aliphatic heterocycles. The van der Waals surface area contributed by atoms with Crippen molar-refractivity contribution in [3.05, 3.63) is 44.3 Å². The highest BCUT2D eigenvalue weighted by Crippen LogP contribution is 2.30. The quantitative estimate of drug-likeness (QED) is 0.893. The van der Waals surface area contributed by atoms with Crippen molar-refractivity contribution >= 4 is 43.0 Å². The first kappa shape index (κ1) is 14.5. The maximum atomic E-state index is 13.4. The lowest BCUT2D eigenvalue weighted by Crippen LogP contribution is -2.13. The number of aryl methyl sites for hydroxylation is 2. The summed E-state index contributed by atoms with van der Waals surface area (Å²) in [5.74, 6) is -0.441. The van der Waals surface area contributed by atoms with Gasteiger partial charge in [-0.2, -0.15) is 0 Å². The first-order chi connectivity index (χ1) is 8.79. The number of nitrogens with one attached hydrogen (secondary N) is 1. The predicted molar refractivity (Wildman–Crippen MR) is 78.7 cm³/mol. The Morgan fingerprint density at radius 3 is 2.47 bits per heavy atom. The number of hydrogen-bond acceptors (Lipinski definition) is 3. The van der Waals surface area contributed by atoms with Crippen LogP contribution in [-0.2, 0) is 10.0 Å². The van der Waals surface area contributed by atoms with Crippen LogP contribution in [0.15, 0.2) is 32.9 Å². The molecule has 0 atom stereocenters. The number of hydrogen-bond donors (Lipinski definition) is 1. The van der Waals surface area contributed by atoms with Gasteiger partial charge in [0.15, 0.2) is 0 Å². The fourth-order valence-electron chi connectivity index (χ4n) is 1.56. The molecule has 7 heteroatoms. The maximum Gasteiger partial charge on any atom is 0.263 e. The van der Waals surface area contributed by atoms with Gasteiger partial charge in [-0.05, 0) is 53.5 Å². The number of benzene rings is 1. The van der Waals surface area contributed by atoms with Gasteiger partial charge in [0.1, 0.15) is 10.7 Å². The van der Waals surface area contributed by atoms with Crippen molar-refractivity contribution in [2.24, 2.45) is 0 Å². The minimum Gasteiger partial charge on any atom is -0.279 e. The van der Waals surface area contributed by atoms with Crippen LogP contribution in [0.1, 0.15) is 10.4 Å². The molecule has 0 saturated carbocycles. The molecule has 0 aliphatic carbocycles. The summed E-state index contributed by atoms with van der Waals surface area (Å²) in [5.41, 5.74) is 0.683. The Bertz CT molecular complexity index is 725. The lowest BCUT2D eigenvalue weighted by Gasteiger charge is -2.08. The van der Waals surface area contributed by atoms with Gasteiger partial charge in [-0.15, -0.1) is 11.3 Å². The van der Waals surface area contributed by atoms with Crippen LogP contribution in [0.4, 0.5) is 10.1 Å². The van der Waals surface area contributed by atoms with E-state index in [1.807, 2.05) is 0 Å². The van der Waals surface area contributed by atoms with Crippen molar-refractivity contribution in [3.63, 3.8) is 0 Å². The third kappa shape index (κ3) is 3.16. The molecule has 0 fully saturated rings. The van der Waals surface area contributed by atoms with Crippen molar-refractivity contribution in [1.29, 1.82) is 0 Å². The largest absolute Gasteiger partial charge is 0.279 e. The van der Waals surface area contributed by atoms with Crippen molar-refractivity contribution < 1.29 is 12.8 Å². The average Bonchev–Trinajstić information content (AvgIpc) is 2.63. The normalized spacial score (nSPS) is 11.6.